The zero-order valence-electron chi connectivity index (χ0n) is 11.2. The summed E-state index contributed by atoms with van der Waals surface area (Å²) in [6, 6.07) is 0.520. The van der Waals surface area contributed by atoms with Gasteiger partial charge in [0.2, 0.25) is 5.91 Å². The number of hydrogen-bond donors (Lipinski definition) is 1. The summed E-state index contributed by atoms with van der Waals surface area (Å²) < 4.78 is 0. The molecule has 0 radical (unpaired) electrons. The highest BCUT2D eigenvalue weighted by Crippen LogP contribution is 2.31. The van der Waals surface area contributed by atoms with Crippen LogP contribution < -0.4 is 5.32 Å². The third-order valence-corrected chi connectivity index (χ3v) is 3.99. The van der Waals surface area contributed by atoms with Gasteiger partial charge in [0.05, 0.1) is 13.1 Å². The van der Waals surface area contributed by atoms with Crippen molar-refractivity contribution < 1.29 is 4.79 Å². The van der Waals surface area contributed by atoms with Crippen molar-refractivity contribution >= 4 is 5.91 Å². The fourth-order valence-electron chi connectivity index (χ4n) is 2.83. The van der Waals surface area contributed by atoms with E-state index >= 15 is 0 Å². The molecule has 0 atom stereocenters. The van der Waals surface area contributed by atoms with E-state index in [0.717, 1.165) is 12.5 Å². The van der Waals surface area contributed by atoms with Crippen LogP contribution in [-0.2, 0) is 4.79 Å². The number of carbonyl (C=O) groups excluding carboxylic acids is 1. The van der Waals surface area contributed by atoms with Crippen LogP contribution in [0.25, 0.3) is 0 Å². The molecule has 2 aliphatic carbocycles. The molecule has 1 N–H and O–H groups in total. The molecule has 0 aromatic rings. The number of terminal acetylenes is 1. The Hall–Kier alpha value is -1.01. The molecule has 0 aliphatic heterocycles. The Balaban J connectivity index is 1.79. The first-order valence-electron chi connectivity index (χ1n) is 7.25. The maximum Gasteiger partial charge on any atom is 0.236 e. The topological polar surface area (TPSA) is 32.3 Å². The Labute approximate surface area is 110 Å². The second-order valence-electron chi connectivity index (χ2n) is 5.59. The molecular weight excluding hydrogens is 224 g/mol. The van der Waals surface area contributed by atoms with E-state index < -0.39 is 0 Å². The minimum Gasteiger partial charge on any atom is -0.338 e. The molecule has 2 rings (SSSR count). The predicted octanol–water partition coefficient (Wildman–Crippen LogP) is 1.78. The maximum absolute atomic E-state index is 12.2. The first-order valence-corrected chi connectivity index (χ1v) is 7.25. The molecule has 3 nitrogen and oxygen atoms in total. The lowest BCUT2D eigenvalue weighted by molar-refractivity contribution is -0.131. The number of hydrogen-bond acceptors (Lipinski definition) is 2. The Kier molecular flexibility index (Phi) is 5.07. The fourth-order valence-corrected chi connectivity index (χ4v) is 2.83. The highest BCUT2D eigenvalue weighted by atomic mass is 16.2. The first kappa shape index (κ1) is 13.4. The SMILES string of the molecule is C#CCNCC(=O)N(CC1CCCCC1)C1CC1. The molecule has 0 saturated heterocycles. The Morgan fingerprint density at radius 1 is 1.22 bits per heavy atom. The number of carbonyl (C=O) groups is 1. The molecule has 0 heterocycles. The molecule has 2 aliphatic rings. The normalized spacial score (nSPS) is 20.4. The first-order chi connectivity index (χ1) is 8.81. The largest absolute Gasteiger partial charge is 0.338 e. The van der Waals surface area contributed by atoms with Gasteiger partial charge < -0.3 is 4.90 Å². The van der Waals surface area contributed by atoms with Crippen LogP contribution in [0.15, 0.2) is 0 Å². The van der Waals surface area contributed by atoms with Crippen LogP contribution in [-0.4, -0.2) is 36.5 Å². The third kappa shape index (κ3) is 4.03. The van der Waals surface area contributed by atoms with Crippen LogP contribution >= 0.6 is 0 Å². The average molecular weight is 248 g/mol. The molecule has 0 unspecified atom stereocenters. The smallest absolute Gasteiger partial charge is 0.236 e. The summed E-state index contributed by atoms with van der Waals surface area (Å²) in [7, 11) is 0. The standard InChI is InChI=1S/C15H24N2O/c1-2-10-16-11-15(18)17(14-8-9-14)12-13-6-4-3-5-7-13/h1,13-14,16H,3-12H2. The minimum atomic E-state index is 0.235. The second-order valence-corrected chi connectivity index (χ2v) is 5.59. The van der Waals surface area contributed by atoms with Crippen LogP contribution in [0.3, 0.4) is 0 Å². The van der Waals surface area contributed by atoms with Gasteiger partial charge in [0.1, 0.15) is 0 Å². The molecule has 0 bridgehead atoms. The maximum atomic E-state index is 12.2. The van der Waals surface area contributed by atoms with Crippen LogP contribution in [0.2, 0.25) is 0 Å². The van der Waals surface area contributed by atoms with Gasteiger partial charge in [0.15, 0.2) is 0 Å². The quantitative estimate of drug-likeness (QED) is 0.574. The van der Waals surface area contributed by atoms with E-state index in [2.05, 4.69) is 16.1 Å². The van der Waals surface area contributed by atoms with Crippen molar-refractivity contribution in [2.45, 2.75) is 51.0 Å². The highest BCUT2D eigenvalue weighted by Gasteiger charge is 2.33. The van der Waals surface area contributed by atoms with E-state index in [1.807, 2.05) is 0 Å². The highest BCUT2D eigenvalue weighted by molar-refractivity contribution is 5.79. The number of nitrogens with one attached hydrogen (secondary N) is 1. The molecule has 0 aromatic carbocycles. The Bertz CT molecular complexity index is 311. The third-order valence-electron chi connectivity index (χ3n) is 3.99. The Morgan fingerprint density at radius 3 is 2.56 bits per heavy atom. The molecule has 100 valence electrons. The monoisotopic (exact) mass is 248 g/mol. The van der Waals surface area contributed by atoms with Gasteiger partial charge in [-0.25, -0.2) is 0 Å². The van der Waals surface area contributed by atoms with E-state index in [1.165, 1.54) is 44.9 Å². The predicted molar refractivity (Wildman–Crippen MR) is 73.0 cm³/mol. The molecule has 18 heavy (non-hydrogen) atoms. The van der Waals surface area contributed by atoms with Crippen LogP contribution in [0.4, 0.5) is 0 Å². The Morgan fingerprint density at radius 2 is 1.94 bits per heavy atom. The number of amides is 1. The van der Waals surface area contributed by atoms with Crippen LogP contribution in [0.1, 0.15) is 44.9 Å². The summed E-state index contributed by atoms with van der Waals surface area (Å²) in [6.07, 6.45) is 14.2. The van der Waals surface area contributed by atoms with Gasteiger partial charge in [0, 0.05) is 12.6 Å². The summed E-state index contributed by atoms with van der Waals surface area (Å²) in [4.78, 5) is 14.3. The molecule has 1 amide bonds. The summed E-state index contributed by atoms with van der Waals surface area (Å²) in [6.45, 7) is 1.85. The van der Waals surface area contributed by atoms with Crippen molar-refractivity contribution in [3.63, 3.8) is 0 Å². The van der Waals surface area contributed by atoms with Crippen molar-refractivity contribution in [3.8, 4) is 12.3 Å². The van der Waals surface area contributed by atoms with Crippen LogP contribution in [0.5, 0.6) is 0 Å². The van der Waals surface area contributed by atoms with E-state index in [4.69, 9.17) is 6.42 Å². The molecular formula is C15H24N2O. The lowest BCUT2D eigenvalue weighted by atomic mass is 9.89. The zero-order chi connectivity index (χ0) is 12.8. The van der Waals surface area contributed by atoms with Gasteiger partial charge in [0.25, 0.3) is 0 Å². The lowest BCUT2D eigenvalue weighted by Gasteiger charge is -2.30. The van der Waals surface area contributed by atoms with Gasteiger partial charge in [-0.15, -0.1) is 6.42 Å². The van der Waals surface area contributed by atoms with Crippen molar-refractivity contribution in [2.75, 3.05) is 19.6 Å². The number of nitrogens with zero attached hydrogens (tertiary/aromatic N) is 1. The molecule has 0 spiro atoms. The van der Waals surface area contributed by atoms with Gasteiger partial charge in [-0.3, -0.25) is 10.1 Å². The lowest BCUT2D eigenvalue weighted by Crippen LogP contribution is -2.42. The van der Waals surface area contributed by atoms with E-state index in [0.29, 0.717) is 19.1 Å². The fraction of sp³-hybridized carbons (Fsp3) is 0.800. The summed E-state index contributed by atoms with van der Waals surface area (Å²) >= 11 is 0. The molecule has 0 aromatic heterocycles. The second kappa shape index (κ2) is 6.80. The van der Waals surface area contributed by atoms with Gasteiger partial charge >= 0.3 is 0 Å². The molecule has 3 heteroatoms. The van der Waals surface area contributed by atoms with Gasteiger partial charge in [-0.1, -0.05) is 25.2 Å². The summed E-state index contributed by atoms with van der Waals surface area (Å²) in [5.74, 6) is 3.47. The van der Waals surface area contributed by atoms with Gasteiger partial charge in [-0.2, -0.15) is 0 Å². The zero-order valence-corrected chi connectivity index (χ0v) is 11.2. The van der Waals surface area contributed by atoms with E-state index in [9.17, 15) is 4.79 Å². The van der Waals surface area contributed by atoms with Crippen molar-refractivity contribution in [3.05, 3.63) is 0 Å². The van der Waals surface area contributed by atoms with Crippen molar-refractivity contribution in [1.82, 2.24) is 10.2 Å². The van der Waals surface area contributed by atoms with Gasteiger partial charge in [-0.05, 0) is 31.6 Å². The summed E-state index contributed by atoms with van der Waals surface area (Å²) in [5.41, 5.74) is 0. The van der Waals surface area contributed by atoms with Crippen LogP contribution in [0, 0.1) is 18.3 Å². The average Bonchev–Trinajstić information content (AvgIpc) is 3.21. The van der Waals surface area contributed by atoms with Crippen molar-refractivity contribution in [1.29, 1.82) is 0 Å². The number of rotatable bonds is 6. The molecule has 2 fully saturated rings. The minimum absolute atomic E-state index is 0.235. The van der Waals surface area contributed by atoms with E-state index in [1.54, 1.807) is 0 Å². The van der Waals surface area contributed by atoms with Crippen molar-refractivity contribution in [2.24, 2.45) is 5.92 Å². The molecule has 2 saturated carbocycles. The van der Waals surface area contributed by atoms with E-state index in [-0.39, 0.29) is 5.91 Å². The summed E-state index contributed by atoms with van der Waals surface area (Å²) in [5, 5.41) is 3.01.